The quantitative estimate of drug-likeness (QED) is 0.780. The zero-order valence-corrected chi connectivity index (χ0v) is 12.6. The first-order valence-corrected chi connectivity index (χ1v) is 7.33. The van der Waals surface area contributed by atoms with Gasteiger partial charge < -0.3 is 0 Å². The van der Waals surface area contributed by atoms with Gasteiger partial charge in [-0.3, -0.25) is 9.69 Å². The first-order chi connectivity index (χ1) is 9.05. The third kappa shape index (κ3) is 2.34. The Morgan fingerprint density at radius 2 is 1.89 bits per heavy atom. The fraction of sp³-hybridized carbons (Fsp3) is 0.588. The van der Waals surface area contributed by atoms with Crippen LogP contribution in [0.1, 0.15) is 50.2 Å². The van der Waals surface area contributed by atoms with Gasteiger partial charge in [-0.25, -0.2) is 0 Å². The molecule has 0 radical (unpaired) electrons. The molecule has 0 aliphatic heterocycles. The number of benzene rings is 1. The highest BCUT2D eigenvalue weighted by Crippen LogP contribution is 2.39. The van der Waals surface area contributed by atoms with E-state index in [-0.39, 0.29) is 5.54 Å². The van der Waals surface area contributed by atoms with Gasteiger partial charge in [-0.1, -0.05) is 38.1 Å². The van der Waals surface area contributed by atoms with Gasteiger partial charge in [0.1, 0.15) is 0 Å². The van der Waals surface area contributed by atoms with Gasteiger partial charge in [0, 0.05) is 6.42 Å². The third-order valence-electron chi connectivity index (χ3n) is 4.94. The molecule has 0 heterocycles. The molecule has 0 amide bonds. The van der Waals surface area contributed by atoms with Gasteiger partial charge in [-0.15, -0.1) is 0 Å². The van der Waals surface area contributed by atoms with Crippen molar-refractivity contribution in [2.24, 2.45) is 0 Å². The van der Waals surface area contributed by atoms with E-state index in [1.54, 1.807) is 0 Å². The van der Waals surface area contributed by atoms with Gasteiger partial charge in [-0.2, -0.15) is 0 Å². The van der Waals surface area contributed by atoms with E-state index in [1.165, 1.54) is 11.1 Å². The summed E-state index contributed by atoms with van der Waals surface area (Å²) >= 11 is 0. The van der Waals surface area contributed by atoms with Crippen molar-refractivity contribution in [3.63, 3.8) is 0 Å². The number of fused-ring (bicyclic) bond motifs is 1. The van der Waals surface area contributed by atoms with Gasteiger partial charge in [0.25, 0.3) is 0 Å². The number of ketones is 1. The van der Waals surface area contributed by atoms with Crippen LogP contribution in [-0.2, 0) is 11.2 Å². The molecule has 1 atom stereocenters. The fourth-order valence-corrected chi connectivity index (χ4v) is 3.48. The number of likely N-dealkylation sites (N-methyl/N-ethyl adjacent to an activating group) is 1. The highest BCUT2D eigenvalue weighted by Gasteiger charge is 2.39. The molecule has 19 heavy (non-hydrogen) atoms. The van der Waals surface area contributed by atoms with Crippen molar-refractivity contribution in [1.82, 2.24) is 4.90 Å². The predicted octanol–water partition coefficient (Wildman–Crippen LogP) is 3.41. The molecule has 0 saturated carbocycles. The van der Waals surface area contributed by atoms with Crippen molar-refractivity contribution in [3.8, 4) is 0 Å². The van der Waals surface area contributed by atoms with E-state index in [1.807, 2.05) is 14.1 Å². The monoisotopic (exact) mass is 259 g/mol. The highest BCUT2D eigenvalue weighted by atomic mass is 16.1. The Bertz CT molecular complexity index is 460. The maximum atomic E-state index is 12.7. The van der Waals surface area contributed by atoms with Gasteiger partial charge in [0.2, 0.25) is 0 Å². The zero-order chi connectivity index (χ0) is 14.0. The Hall–Kier alpha value is -1.15. The Morgan fingerprint density at radius 1 is 1.26 bits per heavy atom. The number of Topliss-reactive ketones (excluding diaryl/α,β-unsaturated/α-hetero) is 1. The van der Waals surface area contributed by atoms with Gasteiger partial charge in [0.05, 0.1) is 5.54 Å². The van der Waals surface area contributed by atoms with Gasteiger partial charge in [0.15, 0.2) is 5.78 Å². The second kappa shape index (κ2) is 5.46. The maximum Gasteiger partial charge on any atom is 0.153 e. The molecule has 1 aromatic rings. The average molecular weight is 259 g/mol. The van der Waals surface area contributed by atoms with Crippen LogP contribution in [0.25, 0.3) is 0 Å². The summed E-state index contributed by atoms with van der Waals surface area (Å²) in [6, 6.07) is 8.51. The minimum Gasteiger partial charge on any atom is -0.298 e. The molecular weight excluding hydrogens is 234 g/mol. The molecule has 1 aromatic carbocycles. The Kier molecular flexibility index (Phi) is 4.10. The van der Waals surface area contributed by atoms with Crippen molar-refractivity contribution in [2.75, 3.05) is 14.1 Å². The molecule has 2 rings (SSSR count). The molecule has 1 aliphatic carbocycles. The summed E-state index contributed by atoms with van der Waals surface area (Å²) in [7, 11) is 4.05. The molecule has 0 fully saturated rings. The lowest BCUT2D eigenvalue weighted by atomic mass is 9.72. The Morgan fingerprint density at radius 3 is 2.42 bits per heavy atom. The van der Waals surface area contributed by atoms with Crippen LogP contribution in [0.15, 0.2) is 24.3 Å². The molecule has 0 aromatic heterocycles. The van der Waals surface area contributed by atoms with Gasteiger partial charge in [-0.05, 0) is 50.4 Å². The number of carbonyl (C=O) groups is 1. The van der Waals surface area contributed by atoms with Crippen LogP contribution in [0.5, 0.6) is 0 Å². The maximum absolute atomic E-state index is 12.7. The second-order valence-electron chi connectivity index (χ2n) is 5.86. The standard InChI is InChI=1S/C17H25NO/c1-5-17(6-2,18(3)4)16(19)12-14-11-13-9-7-8-10-15(13)14/h7-10,14H,5-6,11-12H2,1-4H3. The van der Waals surface area contributed by atoms with Crippen molar-refractivity contribution >= 4 is 5.78 Å². The van der Waals surface area contributed by atoms with E-state index >= 15 is 0 Å². The molecular formula is C17H25NO. The summed E-state index contributed by atoms with van der Waals surface area (Å²) in [5.74, 6) is 0.850. The van der Waals surface area contributed by atoms with Crippen LogP contribution in [-0.4, -0.2) is 30.3 Å². The molecule has 1 unspecified atom stereocenters. The van der Waals surface area contributed by atoms with E-state index in [4.69, 9.17) is 0 Å². The summed E-state index contributed by atoms with van der Waals surface area (Å²) in [5.41, 5.74) is 2.53. The van der Waals surface area contributed by atoms with E-state index in [0.29, 0.717) is 18.1 Å². The fourth-order valence-electron chi connectivity index (χ4n) is 3.48. The minimum atomic E-state index is -0.273. The van der Waals surface area contributed by atoms with Crippen molar-refractivity contribution in [1.29, 1.82) is 0 Å². The number of hydrogen-bond acceptors (Lipinski definition) is 2. The van der Waals surface area contributed by atoms with E-state index < -0.39 is 0 Å². The lowest BCUT2D eigenvalue weighted by Crippen LogP contribution is -2.51. The summed E-state index contributed by atoms with van der Waals surface area (Å²) < 4.78 is 0. The average Bonchev–Trinajstić information content (AvgIpc) is 2.37. The molecule has 1 aliphatic rings. The van der Waals surface area contributed by atoms with Crippen LogP contribution in [0.2, 0.25) is 0 Å². The van der Waals surface area contributed by atoms with Crippen molar-refractivity contribution in [2.45, 2.75) is 51.0 Å². The largest absolute Gasteiger partial charge is 0.298 e. The van der Waals surface area contributed by atoms with E-state index in [9.17, 15) is 4.79 Å². The smallest absolute Gasteiger partial charge is 0.153 e. The van der Waals surface area contributed by atoms with Crippen LogP contribution in [0.4, 0.5) is 0 Å². The topological polar surface area (TPSA) is 20.3 Å². The van der Waals surface area contributed by atoms with Gasteiger partial charge >= 0.3 is 0 Å². The molecule has 0 N–H and O–H groups in total. The number of nitrogens with zero attached hydrogens (tertiary/aromatic N) is 1. The van der Waals surface area contributed by atoms with Crippen molar-refractivity contribution < 1.29 is 4.79 Å². The normalized spacial score (nSPS) is 18.1. The van der Waals surface area contributed by atoms with E-state index in [2.05, 4.69) is 43.0 Å². The van der Waals surface area contributed by atoms with Crippen LogP contribution in [0.3, 0.4) is 0 Å². The minimum absolute atomic E-state index is 0.273. The summed E-state index contributed by atoms with van der Waals surface area (Å²) in [5, 5.41) is 0. The molecule has 0 saturated heterocycles. The van der Waals surface area contributed by atoms with Crippen LogP contribution in [0, 0.1) is 0 Å². The first kappa shape index (κ1) is 14.3. The lowest BCUT2D eigenvalue weighted by Gasteiger charge is -2.39. The highest BCUT2D eigenvalue weighted by molar-refractivity contribution is 5.89. The molecule has 0 spiro atoms. The predicted molar refractivity (Wildman–Crippen MR) is 79.5 cm³/mol. The first-order valence-electron chi connectivity index (χ1n) is 7.33. The molecule has 2 nitrogen and oxygen atoms in total. The molecule has 2 heteroatoms. The SMILES string of the molecule is CCC(CC)(C(=O)CC1Cc2ccccc21)N(C)C. The Balaban J connectivity index is 2.10. The second-order valence-corrected chi connectivity index (χ2v) is 5.86. The summed E-state index contributed by atoms with van der Waals surface area (Å²) in [4.78, 5) is 14.9. The molecule has 104 valence electrons. The molecule has 0 bridgehead atoms. The van der Waals surface area contributed by atoms with Crippen LogP contribution < -0.4 is 0 Å². The summed E-state index contributed by atoms with van der Waals surface area (Å²) in [6.45, 7) is 4.24. The number of rotatable bonds is 6. The lowest BCUT2D eigenvalue weighted by molar-refractivity contribution is -0.130. The zero-order valence-electron chi connectivity index (χ0n) is 12.6. The van der Waals surface area contributed by atoms with E-state index in [0.717, 1.165) is 19.3 Å². The van der Waals surface area contributed by atoms with Crippen molar-refractivity contribution in [3.05, 3.63) is 35.4 Å². The summed E-state index contributed by atoms with van der Waals surface area (Å²) in [6.07, 6.45) is 3.54. The Labute approximate surface area is 116 Å². The number of carbonyl (C=O) groups excluding carboxylic acids is 1. The van der Waals surface area contributed by atoms with Crippen LogP contribution >= 0.6 is 0 Å². The number of hydrogen-bond donors (Lipinski definition) is 0. The third-order valence-corrected chi connectivity index (χ3v) is 4.94.